The molecule has 1 aromatic heterocycles. The average molecular weight is 616 g/mol. The lowest BCUT2D eigenvalue weighted by Crippen LogP contribution is -2.70. The number of nitrogens with two attached hydrogens (primary N) is 1. The van der Waals surface area contributed by atoms with Crippen LogP contribution < -0.4 is 25.8 Å². The molecule has 1 unspecified atom stereocenters. The van der Waals surface area contributed by atoms with Crippen LogP contribution >= 0.6 is 7.52 Å². The Morgan fingerprint density at radius 1 is 1.14 bits per heavy atom. The van der Waals surface area contributed by atoms with E-state index in [9.17, 15) is 32.8 Å². The Bertz CT molecular complexity index is 1660. The van der Waals surface area contributed by atoms with Crippen molar-refractivity contribution in [1.82, 2.24) is 14.9 Å². The monoisotopic (exact) mass is 615 g/mol. The number of para-hydroxylation sites is 1. The van der Waals surface area contributed by atoms with Crippen molar-refractivity contribution in [2.24, 2.45) is 5.50 Å². The Morgan fingerprint density at radius 2 is 1.84 bits per heavy atom. The highest BCUT2D eigenvalue weighted by atomic mass is 31.2. The molecule has 1 atom stereocenters. The van der Waals surface area contributed by atoms with Crippen molar-refractivity contribution in [1.29, 1.82) is 0 Å². The smallest absolute Gasteiger partial charge is 0.315 e. The molecule has 2 aromatic carbocycles. The van der Waals surface area contributed by atoms with Gasteiger partial charge in [-0.05, 0) is 50.8 Å². The molecule has 14 heteroatoms. The lowest BCUT2D eigenvalue weighted by atomic mass is 10.0. The summed E-state index contributed by atoms with van der Waals surface area (Å²) in [5, 5.41) is 15.1. The number of carbonyl (C=O) groups excluding carboxylic acids is 2. The van der Waals surface area contributed by atoms with E-state index in [4.69, 9.17) is 10.0 Å². The molecule has 2 aliphatic rings. The summed E-state index contributed by atoms with van der Waals surface area (Å²) in [5.41, 5.74) is 3.25. The maximum Gasteiger partial charge on any atom is 0.315 e. The van der Waals surface area contributed by atoms with Crippen molar-refractivity contribution in [3.63, 3.8) is 0 Å². The lowest BCUT2D eigenvalue weighted by molar-refractivity contribution is 0.0297. The van der Waals surface area contributed by atoms with Crippen LogP contribution in [0.1, 0.15) is 59.0 Å². The van der Waals surface area contributed by atoms with E-state index in [0.29, 0.717) is 24.7 Å². The Kier molecular flexibility index (Phi) is 8.31. The Hall–Kier alpha value is -4.22. The predicted octanol–water partition coefficient (Wildman–Crippen LogP) is 3.68. The molecule has 1 saturated carbocycles. The summed E-state index contributed by atoms with van der Waals surface area (Å²) >= 11 is 0. The highest BCUT2D eigenvalue weighted by Crippen LogP contribution is 2.44. The minimum Gasteiger partial charge on any atom is -0.502 e. The molecule has 5 rings (SSSR count). The largest absolute Gasteiger partial charge is 0.502 e. The van der Waals surface area contributed by atoms with E-state index in [1.54, 1.807) is 47.2 Å². The number of halogens is 2. The second-order valence-electron chi connectivity index (χ2n) is 10.5. The second kappa shape index (κ2) is 11.8. The fourth-order valence-electron chi connectivity index (χ4n) is 5.90. The van der Waals surface area contributed by atoms with Crippen molar-refractivity contribution in [3.8, 4) is 11.5 Å². The van der Waals surface area contributed by atoms with Gasteiger partial charge in [-0.15, -0.1) is 0 Å². The highest BCUT2D eigenvalue weighted by Gasteiger charge is 2.52. The SMILES string of the molecule is CCN1C(=O)c2c(O)c(=O)c(C(=O)NCc3ccc(F)cc3F)cn2N(CCP(N)(=O)Oc2ccccc2)C12CCCC2. The Labute approximate surface area is 246 Å². The van der Waals surface area contributed by atoms with Crippen LogP contribution in [0.5, 0.6) is 11.5 Å². The number of nitrogens with zero attached hydrogens (tertiary/aromatic N) is 3. The zero-order valence-corrected chi connectivity index (χ0v) is 24.4. The average Bonchev–Trinajstić information content (AvgIpc) is 3.44. The summed E-state index contributed by atoms with van der Waals surface area (Å²) in [7, 11) is -3.72. The summed E-state index contributed by atoms with van der Waals surface area (Å²) in [4.78, 5) is 41.6. The first-order valence-corrected chi connectivity index (χ1v) is 15.8. The van der Waals surface area contributed by atoms with Crippen LogP contribution in [0.25, 0.3) is 0 Å². The van der Waals surface area contributed by atoms with E-state index >= 15 is 0 Å². The van der Waals surface area contributed by atoms with Gasteiger partial charge < -0.3 is 19.8 Å². The molecule has 1 aliphatic heterocycles. The third-order valence-electron chi connectivity index (χ3n) is 7.90. The Morgan fingerprint density at radius 3 is 2.49 bits per heavy atom. The van der Waals surface area contributed by atoms with Crippen LogP contribution in [0.4, 0.5) is 8.78 Å². The minimum atomic E-state index is -3.72. The van der Waals surface area contributed by atoms with Crippen molar-refractivity contribution < 1.29 is 32.6 Å². The number of nitrogens with one attached hydrogen (secondary N) is 1. The minimum absolute atomic E-state index is 0.0123. The topological polar surface area (TPSA) is 147 Å². The van der Waals surface area contributed by atoms with Crippen molar-refractivity contribution in [2.45, 2.75) is 44.8 Å². The summed E-state index contributed by atoms with van der Waals surface area (Å²) in [6.07, 6.45) is 3.63. The maximum absolute atomic E-state index is 14.1. The van der Waals surface area contributed by atoms with E-state index in [1.165, 1.54) is 4.68 Å². The molecular weight excluding hydrogens is 583 g/mol. The van der Waals surface area contributed by atoms with E-state index in [2.05, 4.69) is 5.32 Å². The number of aromatic nitrogens is 1. The quantitative estimate of drug-likeness (QED) is 0.309. The number of hydrogen-bond acceptors (Lipinski definition) is 7. The molecule has 1 fully saturated rings. The van der Waals surface area contributed by atoms with Gasteiger partial charge in [0.25, 0.3) is 11.8 Å². The zero-order valence-electron chi connectivity index (χ0n) is 23.5. The van der Waals surface area contributed by atoms with Crippen LogP contribution in [-0.4, -0.2) is 51.4 Å². The van der Waals surface area contributed by atoms with Crippen LogP contribution in [-0.2, 0) is 11.1 Å². The molecule has 2 heterocycles. The number of benzene rings is 2. The molecule has 0 radical (unpaired) electrons. The fourth-order valence-corrected chi connectivity index (χ4v) is 6.93. The van der Waals surface area contributed by atoms with Crippen LogP contribution in [0, 0.1) is 11.6 Å². The lowest BCUT2D eigenvalue weighted by Gasteiger charge is -2.54. The van der Waals surface area contributed by atoms with Gasteiger partial charge in [0.15, 0.2) is 11.4 Å². The van der Waals surface area contributed by atoms with Gasteiger partial charge in [0.1, 0.15) is 28.6 Å². The number of pyridine rings is 1. The van der Waals surface area contributed by atoms with Gasteiger partial charge in [0.2, 0.25) is 5.43 Å². The molecule has 3 aromatic rings. The van der Waals surface area contributed by atoms with Crippen molar-refractivity contribution in [3.05, 3.63) is 93.4 Å². The highest BCUT2D eigenvalue weighted by molar-refractivity contribution is 7.56. The molecule has 0 saturated heterocycles. The number of carbonyl (C=O) groups is 2. The van der Waals surface area contributed by atoms with Gasteiger partial charge in [-0.1, -0.05) is 24.3 Å². The number of amides is 2. The normalized spacial score (nSPS) is 17.1. The summed E-state index contributed by atoms with van der Waals surface area (Å²) < 4.78 is 47.6. The van der Waals surface area contributed by atoms with Gasteiger partial charge in [0, 0.05) is 37.5 Å². The fraction of sp³-hybridized carbons (Fsp3) is 0.345. The van der Waals surface area contributed by atoms with E-state index in [0.717, 1.165) is 31.2 Å². The molecular formula is C29H32F2N5O6P. The Balaban J connectivity index is 1.52. The third-order valence-corrected chi connectivity index (χ3v) is 9.24. The number of fused-ring (bicyclic) bond motifs is 1. The van der Waals surface area contributed by atoms with Gasteiger partial charge in [0.05, 0.1) is 6.16 Å². The molecule has 4 N–H and O–H groups in total. The zero-order chi connectivity index (χ0) is 30.9. The number of rotatable bonds is 9. The molecule has 11 nitrogen and oxygen atoms in total. The molecule has 43 heavy (non-hydrogen) atoms. The van der Waals surface area contributed by atoms with E-state index in [1.807, 2.05) is 0 Å². The first kappa shape index (κ1) is 30.2. The third kappa shape index (κ3) is 5.74. The van der Waals surface area contributed by atoms with Gasteiger partial charge in [-0.2, -0.15) is 0 Å². The standard InChI is InChI=1S/C29H32F2N5O6P/c1-2-34-28(40)24-26(38)25(37)22(27(39)33-17-19-10-11-20(30)16-23(19)31)18-35(24)36(29(34)12-6-7-13-29)14-15-43(32,41)42-21-8-4-3-5-9-21/h3-5,8-11,16,18,38H,2,6-7,12-15,17H2,1H3,(H2,32,41)(H,33,39). The van der Waals surface area contributed by atoms with E-state index < -0.39 is 53.4 Å². The first-order valence-electron chi connectivity index (χ1n) is 13.9. The summed E-state index contributed by atoms with van der Waals surface area (Å²) in [5.74, 6) is -3.80. The van der Waals surface area contributed by atoms with Crippen LogP contribution in [0.15, 0.2) is 59.5 Å². The molecule has 1 spiro atoms. The molecule has 2 amide bonds. The number of hydrogen-bond donors (Lipinski definition) is 3. The van der Waals surface area contributed by atoms with Crippen LogP contribution in [0.3, 0.4) is 0 Å². The molecule has 228 valence electrons. The van der Waals surface area contributed by atoms with E-state index in [-0.39, 0.29) is 37.1 Å². The summed E-state index contributed by atoms with van der Waals surface area (Å²) in [6.45, 7) is 1.66. The van der Waals surface area contributed by atoms with Gasteiger partial charge in [-0.3, -0.25) is 28.6 Å². The molecule has 1 aliphatic carbocycles. The molecule has 0 bridgehead atoms. The van der Waals surface area contributed by atoms with Gasteiger partial charge in [-0.25, -0.2) is 14.3 Å². The summed E-state index contributed by atoms with van der Waals surface area (Å²) in [6, 6.07) is 11.3. The second-order valence-corrected chi connectivity index (χ2v) is 12.6. The first-order chi connectivity index (χ1) is 20.5. The predicted molar refractivity (Wildman–Crippen MR) is 155 cm³/mol. The van der Waals surface area contributed by atoms with Crippen LogP contribution in [0.2, 0.25) is 0 Å². The maximum atomic E-state index is 14.1. The van der Waals surface area contributed by atoms with Crippen molar-refractivity contribution >= 4 is 19.3 Å². The van der Waals surface area contributed by atoms with Gasteiger partial charge >= 0.3 is 7.52 Å². The number of aromatic hydroxyl groups is 1. The van der Waals surface area contributed by atoms with Crippen molar-refractivity contribution in [2.75, 3.05) is 24.3 Å².